The van der Waals surface area contributed by atoms with Crippen molar-refractivity contribution < 1.29 is 39.8 Å². The van der Waals surface area contributed by atoms with Gasteiger partial charge in [-0.15, -0.1) is 0 Å². The Balaban J connectivity index is 2.19. The molecule has 0 aromatic rings. The highest BCUT2D eigenvalue weighted by molar-refractivity contribution is 5.76. The van der Waals surface area contributed by atoms with Crippen molar-refractivity contribution in [3.05, 3.63) is 60.8 Å². The Labute approximate surface area is 328 Å². The fourth-order valence-corrected chi connectivity index (χ4v) is 6.38. The molecule has 1 aliphatic rings. The summed E-state index contributed by atoms with van der Waals surface area (Å²) in [5.41, 5.74) is 0. The molecular formula is C45H79NO8. The molecule has 312 valence electrons. The first kappa shape index (κ1) is 49.9. The number of hydrogen-bond acceptors (Lipinski definition) is 8. The first-order chi connectivity index (χ1) is 26.3. The third kappa shape index (κ3) is 25.9. The maximum absolute atomic E-state index is 12.8. The lowest BCUT2D eigenvalue weighted by Crippen LogP contribution is -2.60. The van der Waals surface area contributed by atoms with E-state index in [1.165, 1.54) is 64.2 Å². The average molecular weight is 762 g/mol. The van der Waals surface area contributed by atoms with Gasteiger partial charge in [-0.05, 0) is 57.8 Å². The molecule has 7 atom stereocenters. The van der Waals surface area contributed by atoms with Crippen LogP contribution in [0.2, 0.25) is 0 Å². The minimum absolute atomic E-state index is 0.189. The minimum Gasteiger partial charge on any atom is -0.394 e. The lowest BCUT2D eigenvalue weighted by atomic mass is 9.99. The maximum Gasteiger partial charge on any atom is 0.220 e. The molecule has 9 heteroatoms. The highest BCUT2D eigenvalue weighted by atomic mass is 16.7. The van der Waals surface area contributed by atoms with Gasteiger partial charge in [0.2, 0.25) is 5.91 Å². The van der Waals surface area contributed by atoms with Crippen LogP contribution in [0.1, 0.15) is 162 Å². The van der Waals surface area contributed by atoms with Crippen molar-refractivity contribution in [3.63, 3.8) is 0 Å². The number of ether oxygens (including phenoxy) is 2. The molecule has 0 spiro atoms. The van der Waals surface area contributed by atoms with Crippen LogP contribution in [0.25, 0.3) is 0 Å². The Morgan fingerprint density at radius 2 is 1.15 bits per heavy atom. The van der Waals surface area contributed by atoms with E-state index in [1.807, 2.05) is 6.08 Å². The zero-order chi connectivity index (χ0) is 39.5. The average Bonchev–Trinajstić information content (AvgIpc) is 3.17. The summed E-state index contributed by atoms with van der Waals surface area (Å²) in [7, 11) is 0. The zero-order valence-corrected chi connectivity index (χ0v) is 34.0. The van der Waals surface area contributed by atoms with E-state index < -0.39 is 49.5 Å². The monoisotopic (exact) mass is 762 g/mol. The number of carbonyl (C=O) groups excluding carboxylic acids is 1. The standard InChI is InChI=1S/C45H79NO8/c1-3-5-7-9-11-12-13-14-15-16-17-18-19-20-21-22-23-24-25-26-27-28-29-31-33-35-41(49)46-38(39(48)34-32-30-10-8-6-4-2)37-53-45-44(52)43(51)42(50)40(36-47)54-45/h5,7,11-12,14-15,17-18,32,34,38-40,42-45,47-48,50-52H,3-4,6,8-10,13,16,19-31,33,35-37H2,1-2H3,(H,46,49)/b7-5-,12-11-,15-14-,18-17-,34-32+. The van der Waals surface area contributed by atoms with Crippen molar-refractivity contribution in [2.75, 3.05) is 13.2 Å². The predicted molar refractivity (Wildman–Crippen MR) is 221 cm³/mol. The number of aliphatic hydroxyl groups is 5. The van der Waals surface area contributed by atoms with Gasteiger partial charge >= 0.3 is 0 Å². The zero-order valence-electron chi connectivity index (χ0n) is 34.0. The number of aliphatic hydroxyl groups excluding tert-OH is 5. The van der Waals surface area contributed by atoms with Crippen LogP contribution in [0.15, 0.2) is 60.8 Å². The highest BCUT2D eigenvalue weighted by Crippen LogP contribution is 2.22. The van der Waals surface area contributed by atoms with Gasteiger partial charge in [-0.1, -0.05) is 158 Å². The SMILES string of the molecule is CC/C=C\C/C=C\C/C=C\C/C=C\CCCCCCCCCCCCCCC(=O)NC(COC1OC(CO)C(O)C(O)C1O)C(O)/C=C/CCCCCC. The van der Waals surface area contributed by atoms with E-state index in [1.54, 1.807) is 6.08 Å². The van der Waals surface area contributed by atoms with Crippen LogP contribution in [-0.4, -0.2) is 87.5 Å². The van der Waals surface area contributed by atoms with E-state index in [-0.39, 0.29) is 12.5 Å². The van der Waals surface area contributed by atoms with Crippen LogP contribution in [0, 0.1) is 0 Å². The van der Waals surface area contributed by atoms with Gasteiger partial charge < -0.3 is 40.3 Å². The summed E-state index contributed by atoms with van der Waals surface area (Å²) in [5, 5.41) is 53.7. The van der Waals surface area contributed by atoms with E-state index in [4.69, 9.17) is 9.47 Å². The van der Waals surface area contributed by atoms with Crippen molar-refractivity contribution in [1.29, 1.82) is 0 Å². The quantitative estimate of drug-likeness (QED) is 0.0283. The fraction of sp³-hybridized carbons (Fsp3) is 0.756. The van der Waals surface area contributed by atoms with Gasteiger partial charge in [0.1, 0.15) is 24.4 Å². The topological polar surface area (TPSA) is 149 Å². The Hall–Kier alpha value is -2.11. The second-order valence-electron chi connectivity index (χ2n) is 14.8. The maximum atomic E-state index is 12.8. The summed E-state index contributed by atoms with van der Waals surface area (Å²) in [4.78, 5) is 12.8. The molecule has 0 bridgehead atoms. The molecule has 1 amide bonds. The molecule has 0 aromatic carbocycles. The van der Waals surface area contributed by atoms with Gasteiger partial charge in [-0.3, -0.25) is 4.79 Å². The van der Waals surface area contributed by atoms with Crippen molar-refractivity contribution in [2.45, 2.75) is 204 Å². The molecule has 7 unspecified atom stereocenters. The van der Waals surface area contributed by atoms with E-state index >= 15 is 0 Å². The number of amides is 1. The van der Waals surface area contributed by atoms with Gasteiger partial charge in [0.25, 0.3) is 0 Å². The van der Waals surface area contributed by atoms with E-state index in [2.05, 4.69) is 67.8 Å². The van der Waals surface area contributed by atoms with Crippen molar-refractivity contribution in [3.8, 4) is 0 Å². The Kier molecular flexibility index (Phi) is 32.6. The van der Waals surface area contributed by atoms with Crippen LogP contribution in [0.3, 0.4) is 0 Å². The van der Waals surface area contributed by atoms with Gasteiger partial charge in [0, 0.05) is 6.42 Å². The van der Waals surface area contributed by atoms with Gasteiger partial charge in [0.05, 0.1) is 25.4 Å². The molecule has 9 nitrogen and oxygen atoms in total. The van der Waals surface area contributed by atoms with Gasteiger partial charge in [-0.25, -0.2) is 0 Å². The Morgan fingerprint density at radius 3 is 1.70 bits per heavy atom. The summed E-state index contributed by atoms with van der Waals surface area (Å²) in [6.45, 7) is 3.55. The smallest absolute Gasteiger partial charge is 0.220 e. The third-order valence-electron chi connectivity index (χ3n) is 9.85. The van der Waals surface area contributed by atoms with Gasteiger partial charge in [-0.2, -0.15) is 0 Å². The molecule has 0 radical (unpaired) electrons. The van der Waals surface area contributed by atoms with Crippen LogP contribution < -0.4 is 5.32 Å². The third-order valence-corrected chi connectivity index (χ3v) is 9.85. The molecule has 1 rings (SSSR count). The number of carbonyl (C=O) groups is 1. The summed E-state index contributed by atoms with van der Waals surface area (Å²) < 4.78 is 11.1. The molecule has 54 heavy (non-hydrogen) atoms. The first-order valence-electron chi connectivity index (χ1n) is 21.5. The highest BCUT2D eigenvalue weighted by Gasteiger charge is 2.44. The molecule has 1 aliphatic heterocycles. The lowest BCUT2D eigenvalue weighted by Gasteiger charge is -2.40. The Morgan fingerprint density at radius 1 is 0.648 bits per heavy atom. The molecule has 6 N–H and O–H groups in total. The van der Waals surface area contributed by atoms with Crippen molar-refractivity contribution in [2.24, 2.45) is 0 Å². The van der Waals surface area contributed by atoms with E-state index in [0.717, 1.165) is 77.0 Å². The number of nitrogens with one attached hydrogen (secondary N) is 1. The van der Waals surface area contributed by atoms with E-state index in [0.29, 0.717) is 6.42 Å². The molecular weight excluding hydrogens is 682 g/mol. The molecule has 1 fully saturated rings. The first-order valence-corrected chi connectivity index (χ1v) is 21.5. The molecule has 1 heterocycles. The van der Waals surface area contributed by atoms with Crippen LogP contribution in [0.4, 0.5) is 0 Å². The second kappa shape index (κ2) is 35.3. The number of allylic oxidation sites excluding steroid dienone is 9. The number of unbranched alkanes of at least 4 members (excludes halogenated alkanes) is 16. The number of rotatable bonds is 34. The minimum atomic E-state index is -1.57. The fourth-order valence-electron chi connectivity index (χ4n) is 6.38. The molecule has 0 aromatic heterocycles. The molecule has 1 saturated heterocycles. The summed E-state index contributed by atoms with van der Waals surface area (Å²) >= 11 is 0. The molecule has 0 saturated carbocycles. The Bertz CT molecular complexity index is 1030. The summed E-state index contributed by atoms with van der Waals surface area (Å²) in [6, 6.07) is -0.803. The largest absolute Gasteiger partial charge is 0.394 e. The molecule has 0 aliphatic carbocycles. The lowest BCUT2D eigenvalue weighted by molar-refractivity contribution is -0.302. The van der Waals surface area contributed by atoms with Gasteiger partial charge in [0.15, 0.2) is 6.29 Å². The van der Waals surface area contributed by atoms with Crippen molar-refractivity contribution in [1.82, 2.24) is 5.32 Å². The van der Waals surface area contributed by atoms with Crippen LogP contribution in [0.5, 0.6) is 0 Å². The van der Waals surface area contributed by atoms with Crippen LogP contribution in [-0.2, 0) is 14.3 Å². The van der Waals surface area contributed by atoms with E-state index in [9.17, 15) is 30.3 Å². The van der Waals surface area contributed by atoms with Crippen LogP contribution >= 0.6 is 0 Å². The summed E-state index contributed by atoms with van der Waals surface area (Å²) in [5.74, 6) is -0.189. The normalized spacial score (nSPS) is 22.1. The number of hydrogen-bond donors (Lipinski definition) is 6. The van der Waals surface area contributed by atoms with Crippen molar-refractivity contribution >= 4 is 5.91 Å². The predicted octanol–water partition coefficient (Wildman–Crippen LogP) is 8.44. The second-order valence-corrected chi connectivity index (χ2v) is 14.8. The summed E-state index contributed by atoms with van der Waals surface area (Å²) in [6.07, 6.45) is 38.8.